The second kappa shape index (κ2) is 7.57. The topological polar surface area (TPSA) is 72.5 Å². The molecule has 0 aromatic carbocycles. The molecule has 5 fully saturated rings. The predicted octanol–water partition coefficient (Wildman–Crippen LogP) is 5.23. The molecule has 1 heterocycles. The van der Waals surface area contributed by atoms with Gasteiger partial charge in [-0.1, -0.05) is 32.9 Å². The quantitative estimate of drug-likeness (QED) is 0.461. The van der Waals surface area contributed by atoms with Crippen molar-refractivity contribution in [3.05, 3.63) is 12.2 Å². The molecule has 3 N–H and O–H groups in total. The van der Waals surface area contributed by atoms with Gasteiger partial charge in [0, 0.05) is 12.0 Å². The Kier molecular flexibility index (Phi) is 5.41. The van der Waals surface area contributed by atoms with Gasteiger partial charge in [0.25, 0.3) is 0 Å². The standard InChI is InChI=1S/C28H45NO3/c1-16(2)17(3)8-13-28(31)24-23(32-25(28)30)15-22-20-7-6-18-14-19(29)9-11-26(18,4)21(20)10-12-27(22,24)5/h17-24,31H,1,6-15,29H2,2-5H3. The molecular weight excluding hydrogens is 398 g/mol. The van der Waals surface area contributed by atoms with Gasteiger partial charge in [-0.15, -0.1) is 0 Å². The first-order chi connectivity index (χ1) is 15.0. The third-order valence-electron chi connectivity index (χ3n) is 11.6. The number of carbonyl (C=O) groups is 1. The summed E-state index contributed by atoms with van der Waals surface area (Å²) in [5, 5.41) is 11.8. The molecule has 0 radical (unpaired) electrons. The monoisotopic (exact) mass is 443 g/mol. The Bertz CT molecular complexity index is 796. The number of allylic oxidation sites excluding steroid dienone is 1. The Balaban J connectivity index is 1.40. The van der Waals surface area contributed by atoms with Gasteiger partial charge >= 0.3 is 5.97 Å². The smallest absolute Gasteiger partial charge is 0.338 e. The molecule has 1 saturated heterocycles. The van der Waals surface area contributed by atoms with Crippen molar-refractivity contribution in [3.8, 4) is 0 Å². The van der Waals surface area contributed by atoms with Crippen molar-refractivity contribution in [2.75, 3.05) is 0 Å². The van der Waals surface area contributed by atoms with Crippen LogP contribution in [-0.2, 0) is 9.53 Å². The third-order valence-corrected chi connectivity index (χ3v) is 11.6. The first-order valence-electron chi connectivity index (χ1n) is 13.3. The number of fused-ring (bicyclic) bond motifs is 7. The minimum Gasteiger partial charge on any atom is -0.460 e. The molecule has 180 valence electrons. The highest BCUT2D eigenvalue weighted by atomic mass is 16.6. The Hall–Kier alpha value is -0.870. The molecule has 4 saturated carbocycles. The summed E-state index contributed by atoms with van der Waals surface area (Å²) in [6.45, 7) is 13.2. The molecule has 0 amide bonds. The summed E-state index contributed by atoms with van der Waals surface area (Å²) in [4.78, 5) is 13.0. The molecule has 0 spiro atoms. The number of esters is 1. The second-order valence-electron chi connectivity index (χ2n) is 13.1. The maximum Gasteiger partial charge on any atom is 0.338 e. The number of carbonyl (C=O) groups excluding carboxylic acids is 1. The number of ether oxygens (including phenoxy) is 1. The summed E-state index contributed by atoms with van der Waals surface area (Å²) in [7, 11) is 0. The maximum absolute atomic E-state index is 13.0. The SMILES string of the molecule is C=C(C)C(C)CCC1(O)C(=O)OC2CC3C4CCC5CC(N)CCC5(C)C4CCC3(C)C21. The Morgan fingerprint density at radius 3 is 2.59 bits per heavy atom. The summed E-state index contributed by atoms with van der Waals surface area (Å²) in [6.07, 6.45) is 10.7. The van der Waals surface area contributed by atoms with Crippen molar-refractivity contribution in [1.29, 1.82) is 0 Å². The highest BCUT2D eigenvalue weighted by molar-refractivity contribution is 5.82. The Morgan fingerprint density at radius 2 is 1.88 bits per heavy atom. The molecular formula is C28H45NO3. The molecule has 1 aliphatic heterocycles. The summed E-state index contributed by atoms with van der Waals surface area (Å²) >= 11 is 0. The largest absolute Gasteiger partial charge is 0.460 e. The first kappa shape index (κ1) is 22.9. The number of hydrogen-bond donors (Lipinski definition) is 2. The molecule has 11 atom stereocenters. The van der Waals surface area contributed by atoms with E-state index in [0.717, 1.165) is 36.7 Å². The molecule has 4 aliphatic carbocycles. The summed E-state index contributed by atoms with van der Waals surface area (Å²) in [5.41, 5.74) is 6.56. The van der Waals surface area contributed by atoms with Gasteiger partial charge in [0.2, 0.25) is 0 Å². The zero-order valence-electron chi connectivity index (χ0n) is 20.7. The lowest BCUT2D eigenvalue weighted by atomic mass is 9.44. The van der Waals surface area contributed by atoms with Gasteiger partial charge in [0.05, 0.1) is 0 Å². The van der Waals surface area contributed by atoms with E-state index in [1.165, 1.54) is 38.5 Å². The first-order valence-corrected chi connectivity index (χ1v) is 13.3. The van der Waals surface area contributed by atoms with Gasteiger partial charge in [-0.2, -0.15) is 0 Å². The molecule has 11 unspecified atom stereocenters. The lowest BCUT2D eigenvalue weighted by Crippen LogP contribution is -2.57. The highest BCUT2D eigenvalue weighted by Crippen LogP contribution is 2.70. The fourth-order valence-electron chi connectivity index (χ4n) is 9.56. The van der Waals surface area contributed by atoms with E-state index in [9.17, 15) is 9.90 Å². The van der Waals surface area contributed by atoms with Crippen LogP contribution in [0, 0.1) is 46.3 Å². The molecule has 4 heteroatoms. The maximum atomic E-state index is 13.0. The van der Waals surface area contributed by atoms with Crippen LogP contribution < -0.4 is 5.73 Å². The van der Waals surface area contributed by atoms with Crippen LogP contribution in [0.25, 0.3) is 0 Å². The minimum absolute atomic E-state index is 0.00648. The molecule has 0 aromatic rings. The molecule has 0 bridgehead atoms. The normalized spacial score (nSPS) is 52.9. The van der Waals surface area contributed by atoms with Crippen LogP contribution in [0.3, 0.4) is 0 Å². The zero-order chi connectivity index (χ0) is 23.1. The van der Waals surface area contributed by atoms with E-state index in [4.69, 9.17) is 10.5 Å². The van der Waals surface area contributed by atoms with Gasteiger partial charge in [0.15, 0.2) is 5.60 Å². The van der Waals surface area contributed by atoms with E-state index in [2.05, 4.69) is 27.4 Å². The van der Waals surface area contributed by atoms with Crippen molar-refractivity contribution in [1.82, 2.24) is 0 Å². The predicted molar refractivity (Wildman–Crippen MR) is 127 cm³/mol. The third kappa shape index (κ3) is 3.11. The van der Waals surface area contributed by atoms with E-state index in [-0.39, 0.29) is 23.4 Å². The van der Waals surface area contributed by atoms with Crippen molar-refractivity contribution in [3.63, 3.8) is 0 Å². The van der Waals surface area contributed by atoms with Crippen LogP contribution in [0.2, 0.25) is 0 Å². The summed E-state index contributed by atoms with van der Waals surface area (Å²) in [6, 6.07) is 0.389. The van der Waals surface area contributed by atoms with E-state index >= 15 is 0 Å². The molecule has 4 nitrogen and oxygen atoms in total. The van der Waals surface area contributed by atoms with E-state index in [1.54, 1.807) is 0 Å². The van der Waals surface area contributed by atoms with Crippen LogP contribution in [0.1, 0.15) is 91.9 Å². The van der Waals surface area contributed by atoms with Gasteiger partial charge in [0.1, 0.15) is 6.10 Å². The van der Waals surface area contributed by atoms with Crippen LogP contribution >= 0.6 is 0 Å². The van der Waals surface area contributed by atoms with Gasteiger partial charge < -0.3 is 15.6 Å². The fourth-order valence-corrected chi connectivity index (χ4v) is 9.56. The Labute approximate surface area is 194 Å². The van der Waals surface area contributed by atoms with E-state index < -0.39 is 5.60 Å². The van der Waals surface area contributed by atoms with Gasteiger partial charge in [-0.25, -0.2) is 4.79 Å². The van der Waals surface area contributed by atoms with Gasteiger partial charge in [-0.05, 0) is 112 Å². The second-order valence-corrected chi connectivity index (χ2v) is 13.1. The number of aliphatic hydroxyl groups is 1. The molecule has 32 heavy (non-hydrogen) atoms. The van der Waals surface area contributed by atoms with Gasteiger partial charge in [-0.3, -0.25) is 0 Å². The molecule has 0 aromatic heterocycles. The highest BCUT2D eigenvalue weighted by Gasteiger charge is 2.71. The lowest BCUT2D eigenvalue weighted by Gasteiger charge is -2.61. The van der Waals surface area contributed by atoms with E-state index in [0.29, 0.717) is 35.6 Å². The van der Waals surface area contributed by atoms with E-state index in [1.807, 2.05) is 6.92 Å². The molecule has 5 aliphatic rings. The average molecular weight is 444 g/mol. The average Bonchev–Trinajstić information content (AvgIpc) is 3.17. The number of rotatable bonds is 4. The molecule has 5 rings (SSSR count). The van der Waals surface area contributed by atoms with Crippen LogP contribution in [0.5, 0.6) is 0 Å². The van der Waals surface area contributed by atoms with Crippen molar-refractivity contribution in [2.45, 2.75) is 110 Å². The van der Waals surface area contributed by atoms with Crippen molar-refractivity contribution < 1.29 is 14.6 Å². The Morgan fingerprint density at radius 1 is 1.16 bits per heavy atom. The number of nitrogens with two attached hydrogens (primary N) is 1. The van der Waals surface area contributed by atoms with Crippen molar-refractivity contribution >= 4 is 5.97 Å². The van der Waals surface area contributed by atoms with Crippen LogP contribution in [0.4, 0.5) is 0 Å². The fraction of sp³-hybridized carbons (Fsp3) is 0.893. The lowest BCUT2D eigenvalue weighted by molar-refractivity contribution is -0.166. The zero-order valence-corrected chi connectivity index (χ0v) is 20.7. The summed E-state index contributed by atoms with van der Waals surface area (Å²) < 4.78 is 5.95. The van der Waals surface area contributed by atoms with Crippen molar-refractivity contribution in [2.24, 2.45) is 52.1 Å². The summed E-state index contributed by atoms with van der Waals surface area (Å²) in [5.74, 6) is 2.68. The van der Waals surface area contributed by atoms with Crippen LogP contribution in [-0.4, -0.2) is 28.8 Å². The number of hydrogen-bond acceptors (Lipinski definition) is 4. The van der Waals surface area contributed by atoms with Crippen LogP contribution in [0.15, 0.2) is 12.2 Å². The minimum atomic E-state index is -1.33.